The van der Waals surface area contributed by atoms with Crippen molar-refractivity contribution in [3.05, 3.63) is 65.5 Å². The monoisotopic (exact) mass is 367 g/mol. The molecule has 6 nitrogen and oxygen atoms in total. The molecule has 132 valence electrons. The Morgan fingerprint density at radius 1 is 1.08 bits per heavy atom. The van der Waals surface area contributed by atoms with E-state index in [0.717, 1.165) is 16.8 Å². The van der Waals surface area contributed by atoms with E-state index in [9.17, 15) is 9.59 Å². The van der Waals surface area contributed by atoms with Crippen molar-refractivity contribution in [3.63, 3.8) is 0 Å². The molecule has 26 heavy (non-hydrogen) atoms. The van der Waals surface area contributed by atoms with E-state index in [1.807, 2.05) is 35.7 Å². The molecule has 2 N–H and O–H groups in total. The Morgan fingerprint density at radius 3 is 2.50 bits per heavy atom. The number of carbonyl (C=O) groups is 2. The number of rotatable bonds is 5. The summed E-state index contributed by atoms with van der Waals surface area (Å²) in [6, 6.07) is 16.6. The summed E-state index contributed by atoms with van der Waals surface area (Å²) >= 11 is 1.32. The van der Waals surface area contributed by atoms with Gasteiger partial charge in [-0.3, -0.25) is 10.1 Å². The van der Waals surface area contributed by atoms with Crippen LogP contribution in [0.25, 0.3) is 11.3 Å². The first-order chi connectivity index (χ1) is 12.6. The Kier molecular flexibility index (Phi) is 5.60. The number of hydrogen-bond donors (Lipinski definition) is 2. The summed E-state index contributed by atoms with van der Waals surface area (Å²) in [5.74, 6) is 0.406. The fourth-order valence-electron chi connectivity index (χ4n) is 2.19. The minimum absolute atomic E-state index is 0.0633. The third-order valence-electron chi connectivity index (χ3n) is 3.46. The smallest absolute Gasteiger partial charge is 0.410 e. The highest BCUT2D eigenvalue weighted by Crippen LogP contribution is 2.25. The third-order valence-corrected chi connectivity index (χ3v) is 4.22. The van der Waals surface area contributed by atoms with Crippen molar-refractivity contribution in [2.24, 2.45) is 0 Å². The van der Waals surface area contributed by atoms with Gasteiger partial charge in [0.1, 0.15) is 5.75 Å². The number of amides is 2. The van der Waals surface area contributed by atoms with Crippen LogP contribution in [0.3, 0.4) is 0 Å². The second kappa shape index (κ2) is 8.26. The molecule has 0 fully saturated rings. The number of ether oxygens (including phenoxy) is 1. The molecule has 0 spiro atoms. The quantitative estimate of drug-likeness (QED) is 0.713. The van der Waals surface area contributed by atoms with E-state index in [2.05, 4.69) is 15.6 Å². The molecule has 3 aromatic rings. The molecular weight excluding hydrogens is 350 g/mol. The molecule has 1 heterocycles. The highest BCUT2D eigenvalue weighted by Gasteiger charge is 2.10. The number of carbonyl (C=O) groups excluding carboxylic acids is 2. The number of nitrogens with one attached hydrogen (secondary N) is 2. The first-order valence-electron chi connectivity index (χ1n) is 7.93. The highest BCUT2D eigenvalue weighted by atomic mass is 32.1. The molecule has 0 saturated heterocycles. The lowest BCUT2D eigenvalue weighted by molar-refractivity contribution is -0.119. The molecule has 7 heteroatoms. The molecule has 0 aliphatic rings. The van der Waals surface area contributed by atoms with Gasteiger partial charge in [-0.05, 0) is 17.7 Å². The van der Waals surface area contributed by atoms with E-state index in [1.165, 1.54) is 18.3 Å². The van der Waals surface area contributed by atoms with Gasteiger partial charge in [-0.25, -0.2) is 9.78 Å². The van der Waals surface area contributed by atoms with Crippen molar-refractivity contribution in [1.29, 1.82) is 0 Å². The Labute approximate surface area is 154 Å². The predicted molar refractivity (Wildman–Crippen MR) is 101 cm³/mol. The second-order valence-corrected chi connectivity index (χ2v) is 6.33. The van der Waals surface area contributed by atoms with Gasteiger partial charge >= 0.3 is 6.09 Å². The van der Waals surface area contributed by atoms with Crippen LogP contribution in [0.5, 0.6) is 5.75 Å². The summed E-state index contributed by atoms with van der Waals surface area (Å²) < 4.78 is 5.18. The summed E-state index contributed by atoms with van der Waals surface area (Å²) in [6.45, 7) is 1.98. The van der Waals surface area contributed by atoms with Crippen LogP contribution in [0.15, 0.2) is 60.0 Å². The largest absolute Gasteiger partial charge is 0.418 e. The maximum atomic E-state index is 11.9. The number of benzene rings is 2. The van der Waals surface area contributed by atoms with Crippen LogP contribution in [0.1, 0.15) is 12.5 Å². The lowest BCUT2D eigenvalue weighted by atomic mass is 10.1. The maximum absolute atomic E-state index is 11.9. The molecule has 2 amide bonds. The van der Waals surface area contributed by atoms with Crippen molar-refractivity contribution in [1.82, 2.24) is 10.3 Å². The van der Waals surface area contributed by atoms with Crippen LogP contribution in [0, 0.1) is 0 Å². The van der Waals surface area contributed by atoms with E-state index in [0.29, 0.717) is 17.4 Å². The van der Waals surface area contributed by atoms with E-state index >= 15 is 0 Å². The van der Waals surface area contributed by atoms with Crippen molar-refractivity contribution in [3.8, 4) is 17.0 Å². The van der Waals surface area contributed by atoms with Gasteiger partial charge in [0.2, 0.25) is 5.91 Å². The minimum Gasteiger partial charge on any atom is -0.410 e. The van der Waals surface area contributed by atoms with Crippen LogP contribution in [0.4, 0.5) is 9.93 Å². The summed E-state index contributed by atoms with van der Waals surface area (Å²) in [7, 11) is 0. The zero-order chi connectivity index (χ0) is 18.4. The van der Waals surface area contributed by atoms with E-state index in [1.54, 1.807) is 24.3 Å². The van der Waals surface area contributed by atoms with Crippen LogP contribution in [0.2, 0.25) is 0 Å². The number of para-hydroxylation sites is 1. The Hall–Kier alpha value is -3.19. The van der Waals surface area contributed by atoms with Gasteiger partial charge in [-0.1, -0.05) is 42.5 Å². The minimum atomic E-state index is -0.581. The average Bonchev–Trinajstić information content (AvgIpc) is 3.09. The Balaban J connectivity index is 1.60. The molecule has 0 saturated carbocycles. The molecule has 3 rings (SSSR count). The standard InChI is InChI=1S/C19H17N3O3S/c1-13(23)20-11-14-7-9-15(10-8-14)17-12-26-18(21-17)22-19(24)25-16-5-3-2-4-6-16/h2-10,12H,11H2,1H3,(H,20,23)(H,21,22,24). The van der Waals surface area contributed by atoms with Gasteiger partial charge in [-0.2, -0.15) is 0 Å². The topological polar surface area (TPSA) is 80.3 Å². The van der Waals surface area contributed by atoms with Crippen LogP contribution in [-0.4, -0.2) is 17.0 Å². The van der Waals surface area contributed by atoms with Crippen LogP contribution >= 0.6 is 11.3 Å². The summed E-state index contributed by atoms with van der Waals surface area (Å²) in [5, 5.41) is 7.70. The van der Waals surface area contributed by atoms with Gasteiger partial charge in [-0.15, -0.1) is 11.3 Å². The average molecular weight is 367 g/mol. The lowest BCUT2D eigenvalue weighted by Crippen LogP contribution is -2.18. The number of anilines is 1. The summed E-state index contributed by atoms with van der Waals surface area (Å²) in [5.41, 5.74) is 2.69. The van der Waals surface area contributed by atoms with Crippen molar-refractivity contribution >= 4 is 28.5 Å². The van der Waals surface area contributed by atoms with Gasteiger partial charge in [0.05, 0.1) is 5.69 Å². The zero-order valence-electron chi connectivity index (χ0n) is 14.1. The molecule has 1 aromatic heterocycles. The van der Waals surface area contributed by atoms with E-state index < -0.39 is 6.09 Å². The van der Waals surface area contributed by atoms with E-state index in [4.69, 9.17) is 4.74 Å². The number of hydrogen-bond acceptors (Lipinski definition) is 5. The van der Waals surface area contributed by atoms with Crippen LogP contribution in [-0.2, 0) is 11.3 Å². The lowest BCUT2D eigenvalue weighted by Gasteiger charge is -2.04. The normalized spacial score (nSPS) is 10.2. The first kappa shape index (κ1) is 17.6. The molecular formula is C19H17N3O3S. The van der Waals surface area contributed by atoms with Gasteiger partial charge < -0.3 is 10.1 Å². The number of thiazole rings is 1. The van der Waals surface area contributed by atoms with Crippen molar-refractivity contribution < 1.29 is 14.3 Å². The molecule has 0 aliphatic carbocycles. The molecule has 0 atom stereocenters. The molecule has 0 bridgehead atoms. The van der Waals surface area contributed by atoms with Crippen molar-refractivity contribution in [2.75, 3.05) is 5.32 Å². The summed E-state index contributed by atoms with van der Waals surface area (Å²) in [4.78, 5) is 27.2. The Morgan fingerprint density at radius 2 is 1.81 bits per heavy atom. The van der Waals surface area contributed by atoms with Gasteiger partial charge in [0.25, 0.3) is 0 Å². The second-order valence-electron chi connectivity index (χ2n) is 5.47. The fourth-order valence-corrected chi connectivity index (χ4v) is 2.90. The SMILES string of the molecule is CC(=O)NCc1ccc(-c2csc(NC(=O)Oc3ccccc3)n2)cc1. The molecule has 0 radical (unpaired) electrons. The number of nitrogens with zero attached hydrogens (tertiary/aromatic N) is 1. The van der Waals surface area contributed by atoms with Crippen molar-refractivity contribution in [2.45, 2.75) is 13.5 Å². The zero-order valence-corrected chi connectivity index (χ0v) is 14.9. The molecule has 2 aromatic carbocycles. The predicted octanol–water partition coefficient (Wildman–Crippen LogP) is 4.06. The fraction of sp³-hybridized carbons (Fsp3) is 0.105. The van der Waals surface area contributed by atoms with E-state index in [-0.39, 0.29) is 5.91 Å². The molecule has 0 aliphatic heterocycles. The first-order valence-corrected chi connectivity index (χ1v) is 8.81. The molecule has 0 unspecified atom stereocenters. The van der Waals surface area contributed by atoms with Gasteiger partial charge in [0, 0.05) is 24.4 Å². The highest BCUT2D eigenvalue weighted by molar-refractivity contribution is 7.14. The third kappa shape index (κ3) is 4.90. The Bertz CT molecular complexity index is 892. The summed E-state index contributed by atoms with van der Waals surface area (Å²) in [6.07, 6.45) is -0.581. The van der Waals surface area contributed by atoms with Gasteiger partial charge in [0.15, 0.2) is 5.13 Å². The van der Waals surface area contributed by atoms with Crippen LogP contribution < -0.4 is 15.4 Å². The maximum Gasteiger partial charge on any atom is 0.418 e. The number of aromatic nitrogens is 1.